The van der Waals surface area contributed by atoms with E-state index in [9.17, 15) is 24.3 Å². The van der Waals surface area contributed by atoms with Gasteiger partial charge in [0.05, 0.1) is 22.7 Å². The van der Waals surface area contributed by atoms with Gasteiger partial charge >= 0.3 is 0 Å². The fraction of sp³-hybridized carbons (Fsp3) is 0.174. The molecular weight excluding hydrogens is 426 g/mol. The zero-order chi connectivity index (χ0) is 23.9. The molecule has 10 nitrogen and oxygen atoms in total. The Morgan fingerprint density at radius 3 is 2.21 bits per heavy atom. The van der Waals surface area contributed by atoms with Crippen molar-refractivity contribution in [3.8, 4) is 5.69 Å². The largest absolute Gasteiger partial charge is 0.543 e. The van der Waals surface area contributed by atoms with Gasteiger partial charge in [0.25, 0.3) is 11.1 Å². The molecule has 0 fully saturated rings. The number of nitrogens with one attached hydrogen (secondary N) is 1. The van der Waals surface area contributed by atoms with Crippen LogP contribution in [0.3, 0.4) is 0 Å². The van der Waals surface area contributed by atoms with Gasteiger partial charge in [0.2, 0.25) is 5.91 Å². The lowest BCUT2D eigenvalue weighted by Crippen LogP contribution is -2.37. The van der Waals surface area contributed by atoms with Crippen LogP contribution in [0.2, 0.25) is 0 Å². The second kappa shape index (κ2) is 8.23. The SMILES string of the molecule is Cc1c(NC(=O)[C@H](C)n2nc(C(=O)[O-])c3ccccc3c2=O)c(=O)n(-c2ccccc2)n1C. The molecule has 0 saturated heterocycles. The third-order valence-corrected chi connectivity index (χ3v) is 5.57. The van der Waals surface area contributed by atoms with Crippen LogP contribution in [0.5, 0.6) is 0 Å². The minimum atomic E-state index is -1.57. The molecule has 0 aliphatic carbocycles. The van der Waals surface area contributed by atoms with Crippen molar-refractivity contribution in [2.45, 2.75) is 19.9 Å². The molecule has 0 bridgehead atoms. The topological polar surface area (TPSA) is 131 Å². The Bertz CT molecular complexity index is 1510. The molecule has 0 aliphatic heterocycles. The maximum Gasteiger partial charge on any atom is 0.295 e. The van der Waals surface area contributed by atoms with Crippen LogP contribution >= 0.6 is 0 Å². The zero-order valence-corrected chi connectivity index (χ0v) is 18.1. The van der Waals surface area contributed by atoms with E-state index in [2.05, 4.69) is 10.4 Å². The number of carbonyl (C=O) groups is 2. The van der Waals surface area contributed by atoms with Gasteiger partial charge in [-0.2, -0.15) is 5.10 Å². The number of carboxylic acids is 1. The molecule has 4 aromatic rings. The van der Waals surface area contributed by atoms with Crippen molar-refractivity contribution in [3.05, 3.63) is 86.7 Å². The summed E-state index contributed by atoms with van der Waals surface area (Å²) in [4.78, 5) is 50.6. The number of anilines is 1. The number of carbonyl (C=O) groups excluding carboxylic acids is 2. The van der Waals surface area contributed by atoms with E-state index in [1.165, 1.54) is 23.7 Å². The highest BCUT2D eigenvalue weighted by molar-refractivity contribution is 6.00. The number of nitrogens with zero attached hydrogens (tertiary/aromatic N) is 4. The molecule has 0 radical (unpaired) electrons. The highest BCUT2D eigenvalue weighted by Gasteiger charge is 2.24. The van der Waals surface area contributed by atoms with Crippen molar-refractivity contribution in [1.82, 2.24) is 19.1 Å². The Balaban J connectivity index is 1.75. The van der Waals surface area contributed by atoms with Crippen LogP contribution in [0.1, 0.15) is 29.1 Å². The van der Waals surface area contributed by atoms with Crippen LogP contribution in [0.25, 0.3) is 16.5 Å². The van der Waals surface area contributed by atoms with E-state index in [4.69, 9.17) is 0 Å². The lowest BCUT2D eigenvalue weighted by atomic mass is 10.1. The molecule has 10 heteroatoms. The summed E-state index contributed by atoms with van der Waals surface area (Å²) in [6.45, 7) is 3.07. The van der Waals surface area contributed by atoms with Crippen molar-refractivity contribution in [3.63, 3.8) is 0 Å². The summed E-state index contributed by atoms with van der Waals surface area (Å²) in [5.74, 6) is -2.27. The second-order valence-corrected chi connectivity index (χ2v) is 7.53. The molecule has 0 unspecified atom stereocenters. The molecular formula is C23H20N5O5-. The fourth-order valence-corrected chi connectivity index (χ4v) is 3.67. The summed E-state index contributed by atoms with van der Waals surface area (Å²) in [7, 11) is 1.68. The number of amides is 1. The number of carboxylic acid groups (broad SMARTS) is 1. The molecule has 2 heterocycles. The molecule has 1 N–H and O–H groups in total. The molecule has 0 saturated carbocycles. The first kappa shape index (κ1) is 21.8. The van der Waals surface area contributed by atoms with E-state index in [0.717, 1.165) is 4.68 Å². The number of aromatic carboxylic acids is 1. The molecule has 0 spiro atoms. The van der Waals surface area contributed by atoms with Gasteiger partial charge in [0.15, 0.2) is 0 Å². The summed E-state index contributed by atoms with van der Waals surface area (Å²) in [6.07, 6.45) is 0. The Kier molecular flexibility index (Phi) is 5.42. The van der Waals surface area contributed by atoms with E-state index < -0.39 is 34.7 Å². The quantitative estimate of drug-likeness (QED) is 0.482. The first-order chi connectivity index (χ1) is 15.7. The number of hydrogen-bond acceptors (Lipinski definition) is 6. The second-order valence-electron chi connectivity index (χ2n) is 7.53. The average Bonchev–Trinajstić information content (AvgIpc) is 3.02. The number of aromatic nitrogens is 4. The summed E-state index contributed by atoms with van der Waals surface area (Å²) < 4.78 is 3.80. The van der Waals surface area contributed by atoms with Gasteiger partial charge in [0.1, 0.15) is 17.4 Å². The number of rotatable bonds is 5. The minimum Gasteiger partial charge on any atom is -0.543 e. The Morgan fingerprint density at radius 2 is 1.58 bits per heavy atom. The Hall–Kier alpha value is -4.47. The van der Waals surface area contributed by atoms with Gasteiger partial charge < -0.3 is 15.2 Å². The molecule has 4 rings (SSSR count). The predicted octanol–water partition coefficient (Wildman–Crippen LogP) is 0.758. The van der Waals surface area contributed by atoms with E-state index in [1.54, 1.807) is 55.1 Å². The van der Waals surface area contributed by atoms with E-state index in [1.807, 2.05) is 6.07 Å². The number of para-hydroxylation sites is 1. The highest BCUT2D eigenvalue weighted by Crippen LogP contribution is 2.17. The third-order valence-electron chi connectivity index (χ3n) is 5.57. The van der Waals surface area contributed by atoms with Crippen molar-refractivity contribution in [1.29, 1.82) is 0 Å². The third kappa shape index (κ3) is 3.61. The number of benzene rings is 2. The summed E-state index contributed by atoms with van der Waals surface area (Å²) in [6, 6.07) is 13.8. The molecule has 1 amide bonds. The van der Waals surface area contributed by atoms with Crippen LogP contribution in [0.4, 0.5) is 5.69 Å². The highest BCUT2D eigenvalue weighted by atomic mass is 16.4. The monoisotopic (exact) mass is 446 g/mol. The van der Waals surface area contributed by atoms with E-state index >= 15 is 0 Å². The summed E-state index contributed by atoms with van der Waals surface area (Å²) in [5, 5.41) is 18.2. The number of hydrogen-bond donors (Lipinski definition) is 1. The van der Waals surface area contributed by atoms with Gasteiger partial charge in [-0.05, 0) is 32.0 Å². The smallest absolute Gasteiger partial charge is 0.295 e. The van der Waals surface area contributed by atoms with Gasteiger partial charge in [0, 0.05) is 12.4 Å². The predicted molar refractivity (Wildman–Crippen MR) is 119 cm³/mol. The van der Waals surface area contributed by atoms with Crippen LogP contribution < -0.4 is 21.5 Å². The van der Waals surface area contributed by atoms with Crippen LogP contribution in [-0.2, 0) is 11.8 Å². The maximum absolute atomic E-state index is 13.0. The lowest BCUT2D eigenvalue weighted by Gasteiger charge is -2.16. The Morgan fingerprint density at radius 1 is 0.970 bits per heavy atom. The van der Waals surface area contributed by atoms with Gasteiger partial charge in [-0.15, -0.1) is 0 Å². The van der Waals surface area contributed by atoms with Gasteiger partial charge in [-0.25, -0.2) is 9.36 Å². The minimum absolute atomic E-state index is 0.0483. The molecule has 2 aromatic carbocycles. The lowest BCUT2D eigenvalue weighted by molar-refractivity contribution is -0.255. The first-order valence-electron chi connectivity index (χ1n) is 10.1. The van der Waals surface area contributed by atoms with Crippen molar-refractivity contribution in [2.75, 3.05) is 5.32 Å². The summed E-state index contributed by atoms with van der Waals surface area (Å²) in [5.41, 5.74) is -0.369. The van der Waals surface area contributed by atoms with Crippen LogP contribution in [0.15, 0.2) is 64.2 Å². The van der Waals surface area contributed by atoms with Gasteiger partial charge in [-0.1, -0.05) is 36.4 Å². The van der Waals surface area contributed by atoms with E-state index in [-0.39, 0.29) is 16.5 Å². The fourth-order valence-electron chi connectivity index (χ4n) is 3.67. The zero-order valence-electron chi connectivity index (χ0n) is 18.1. The molecule has 33 heavy (non-hydrogen) atoms. The molecule has 2 aromatic heterocycles. The van der Waals surface area contributed by atoms with E-state index in [0.29, 0.717) is 11.4 Å². The Labute approximate surface area is 187 Å². The molecule has 0 aliphatic rings. The summed E-state index contributed by atoms with van der Waals surface area (Å²) >= 11 is 0. The number of fused-ring (bicyclic) bond motifs is 1. The van der Waals surface area contributed by atoms with Crippen LogP contribution in [0, 0.1) is 6.92 Å². The van der Waals surface area contributed by atoms with Crippen molar-refractivity contribution < 1.29 is 14.7 Å². The maximum atomic E-state index is 13.0. The van der Waals surface area contributed by atoms with Crippen molar-refractivity contribution in [2.24, 2.45) is 7.05 Å². The molecule has 168 valence electrons. The molecule has 1 atom stereocenters. The first-order valence-corrected chi connectivity index (χ1v) is 10.1. The standard InChI is InChI=1S/C23H21N5O5/c1-13-18(22(31)28(26(13)3)15-9-5-4-6-10-15)24-20(29)14(2)27-21(30)17-12-8-7-11-16(17)19(25-27)23(32)33/h4-12,14H,1-3H3,(H,24,29)(H,32,33)/p-1/t14-/m0/s1. The van der Waals surface area contributed by atoms with Crippen LogP contribution in [-0.4, -0.2) is 31.0 Å². The normalized spacial score (nSPS) is 12.0. The van der Waals surface area contributed by atoms with Gasteiger partial charge in [-0.3, -0.25) is 19.1 Å². The average molecular weight is 446 g/mol. The van der Waals surface area contributed by atoms with Crippen molar-refractivity contribution >= 4 is 28.3 Å².